The van der Waals surface area contributed by atoms with E-state index < -0.39 is 10.0 Å². The largest absolute Gasteiger partial charge is 0.383 e. The van der Waals surface area contributed by atoms with Crippen LogP contribution in [0.5, 0.6) is 0 Å². The van der Waals surface area contributed by atoms with Crippen molar-refractivity contribution in [2.45, 2.75) is 31.8 Å². The molecule has 0 atom stereocenters. The minimum absolute atomic E-state index is 0.167. The van der Waals surface area contributed by atoms with Crippen LogP contribution in [-0.4, -0.2) is 48.3 Å². The monoisotopic (exact) mass is 344 g/mol. The fourth-order valence-electron chi connectivity index (χ4n) is 2.09. The first-order valence-corrected chi connectivity index (χ1v) is 9.01. The Morgan fingerprint density at radius 3 is 2.73 bits per heavy atom. The van der Waals surface area contributed by atoms with Gasteiger partial charge in [-0.05, 0) is 19.9 Å². The predicted molar refractivity (Wildman–Crippen MR) is 84.3 cm³/mol. The number of thiophene rings is 1. The second-order valence-corrected chi connectivity index (χ2v) is 8.45. The molecule has 0 saturated carbocycles. The van der Waals surface area contributed by atoms with E-state index in [4.69, 9.17) is 4.74 Å². The number of ether oxygens (including phenoxy) is 1. The number of nitrogens with zero attached hydrogens (tertiary/aromatic N) is 4. The fraction of sp³-hybridized carbons (Fsp3) is 0.538. The molecule has 2 aromatic heterocycles. The summed E-state index contributed by atoms with van der Waals surface area (Å²) in [7, 11) is -0.365. The summed E-state index contributed by atoms with van der Waals surface area (Å²) in [5.41, 5.74) is 0. The van der Waals surface area contributed by atoms with E-state index in [2.05, 4.69) is 10.2 Å². The summed E-state index contributed by atoms with van der Waals surface area (Å²) in [6.07, 6.45) is 1.58. The van der Waals surface area contributed by atoms with Gasteiger partial charge in [-0.1, -0.05) is 0 Å². The van der Waals surface area contributed by atoms with Crippen molar-refractivity contribution in [1.82, 2.24) is 19.1 Å². The van der Waals surface area contributed by atoms with Gasteiger partial charge in [-0.25, -0.2) is 8.42 Å². The van der Waals surface area contributed by atoms with Gasteiger partial charge in [0.25, 0.3) is 0 Å². The smallest absolute Gasteiger partial charge is 0.244 e. The lowest BCUT2D eigenvalue weighted by Gasteiger charge is -2.17. The Kier molecular flexibility index (Phi) is 5.32. The van der Waals surface area contributed by atoms with Crippen LogP contribution in [0.3, 0.4) is 0 Å². The summed E-state index contributed by atoms with van der Waals surface area (Å²) < 4.78 is 33.5. The summed E-state index contributed by atoms with van der Waals surface area (Å²) >= 11 is 1.48. The molecule has 0 aliphatic heterocycles. The third-order valence-corrected chi connectivity index (χ3v) is 6.30. The molecule has 2 heterocycles. The molecule has 0 N–H and O–H groups in total. The number of aromatic nitrogens is 3. The summed E-state index contributed by atoms with van der Waals surface area (Å²) in [6, 6.07) is 1.71. The number of hydrogen-bond acceptors (Lipinski definition) is 6. The predicted octanol–water partition coefficient (Wildman–Crippen LogP) is 1.42. The van der Waals surface area contributed by atoms with Crippen LogP contribution in [0.4, 0.5) is 0 Å². The molecule has 7 nitrogen and oxygen atoms in total. The molecule has 0 saturated heterocycles. The van der Waals surface area contributed by atoms with Gasteiger partial charge >= 0.3 is 0 Å². The highest BCUT2D eigenvalue weighted by atomic mass is 32.2. The quantitative estimate of drug-likeness (QED) is 0.759. The Morgan fingerprint density at radius 2 is 2.14 bits per heavy atom. The third-order valence-electron chi connectivity index (χ3n) is 3.28. The Balaban J connectivity index is 2.20. The number of rotatable bonds is 7. The molecule has 0 fully saturated rings. The van der Waals surface area contributed by atoms with Crippen molar-refractivity contribution >= 4 is 21.4 Å². The lowest BCUT2D eigenvalue weighted by molar-refractivity contribution is 0.185. The first-order chi connectivity index (χ1) is 10.4. The van der Waals surface area contributed by atoms with E-state index >= 15 is 0 Å². The van der Waals surface area contributed by atoms with Gasteiger partial charge in [-0.2, -0.15) is 4.31 Å². The Bertz CT molecular complexity index is 736. The maximum atomic E-state index is 12.7. The van der Waals surface area contributed by atoms with Crippen LogP contribution in [0.1, 0.15) is 15.6 Å². The summed E-state index contributed by atoms with van der Waals surface area (Å²) in [6.45, 7) is 4.99. The van der Waals surface area contributed by atoms with Gasteiger partial charge in [0, 0.05) is 30.5 Å². The maximum absolute atomic E-state index is 12.7. The average molecular weight is 344 g/mol. The normalized spacial score (nSPS) is 12.2. The van der Waals surface area contributed by atoms with Gasteiger partial charge in [-0.15, -0.1) is 21.5 Å². The van der Waals surface area contributed by atoms with Crippen molar-refractivity contribution in [2.75, 3.05) is 20.8 Å². The van der Waals surface area contributed by atoms with Crippen molar-refractivity contribution in [2.24, 2.45) is 0 Å². The first kappa shape index (κ1) is 17.1. The van der Waals surface area contributed by atoms with Gasteiger partial charge in [0.05, 0.1) is 18.0 Å². The number of sulfonamides is 1. The van der Waals surface area contributed by atoms with Crippen molar-refractivity contribution in [3.05, 3.63) is 28.0 Å². The Morgan fingerprint density at radius 1 is 1.41 bits per heavy atom. The molecule has 0 spiro atoms. The van der Waals surface area contributed by atoms with Gasteiger partial charge in [0.1, 0.15) is 12.2 Å². The molecule has 0 amide bonds. The highest BCUT2D eigenvalue weighted by molar-refractivity contribution is 7.89. The zero-order valence-electron chi connectivity index (χ0n) is 13.1. The van der Waals surface area contributed by atoms with Gasteiger partial charge in [-0.3, -0.25) is 0 Å². The van der Waals surface area contributed by atoms with E-state index in [1.165, 1.54) is 15.6 Å². The lowest BCUT2D eigenvalue weighted by Crippen LogP contribution is -2.28. The van der Waals surface area contributed by atoms with E-state index in [1.54, 1.807) is 31.1 Å². The topological polar surface area (TPSA) is 77.3 Å². The maximum Gasteiger partial charge on any atom is 0.244 e. The van der Waals surface area contributed by atoms with Gasteiger partial charge < -0.3 is 9.30 Å². The second-order valence-electron chi connectivity index (χ2n) is 4.97. The minimum Gasteiger partial charge on any atom is -0.383 e. The minimum atomic E-state index is -3.53. The second kappa shape index (κ2) is 6.86. The number of hydrogen-bond donors (Lipinski definition) is 0. The van der Waals surface area contributed by atoms with Crippen LogP contribution in [0, 0.1) is 13.8 Å². The molecular formula is C13H20N4O3S2. The summed E-state index contributed by atoms with van der Waals surface area (Å²) in [4.78, 5) is 2.14. The highest BCUT2D eigenvalue weighted by Gasteiger charge is 2.25. The van der Waals surface area contributed by atoms with Crippen molar-refractivity contribution in [3.8, 4) is 0 Å². The molecule has 0 bridgehead atoms. The summed E-state index contributed by atoms with van der Waals surface area (Å²) in [5.74, 6) is 0.590. The SMILES string of the molecule is COCCn1cnnc1CN(C)S(=O)(=O)c1cc(C)sc1C. The number of aryl methyl sites for hydroxylation is 2. The molecule has 22 heavy (non-hydrogen) atoms. The molecule has 122 valence electrons. The van der Waals surface area contributed by atoms with Gasteiger partial charge in [0.2, 0.25) is 10.0 Å². The van der Waals surface area contributed by atoms with Crippen LogP contribution in [0.25, 0.3) is 0 Å². The molecule has 0 aromatic carbocycles. The fourth-order valence-corrected chi connectivity index (χ4v) is 4.74. The first-order valence-electron chi connectivity index (χ1n) is 6.75. The molecular weight excluding hydrogens is 324 g/mol. The molecule has 0 aliphatic carbocycles. The number of methoxy groups -OCH3 is 1. The Hall–Kier alpha value is -1.29. The molecule has 0 unspecified atom stereocenters. The van der Waals surface area contributed by atoms with Crippen LogP contribution >= 0.6 is 11.3 Å². The highest BCUT2D eigenvalue weighted by Crippen LogP contribution is 2.27. The Labute approximate surface area is 134 Å². The molecule has 0 aliphatic rings. The van der Waals surface area contributed by atoms with Crippen molar-refractivity contribution in [3.63, 3.8) is 0 Å². The molecule has 2 aromatic rings. The van der Waals surface area contributed by atoms with Gasteiger partial charge in [0.15, 0.2) is 0 Å². The van der Waals surface area contributed by atoms with E-state index in [0.29, 0.717) is 23.9 Å². The van der Waals surface area contributed by atoms with E-state index in [1.807, 2.05) is 13.8 Å². The van der Waals surface area contributed by atoms with Crippen LogP contribution in [0.15, 0.2) is 17.3 Å². The zero-order valence-corrected chi connectivity index (χ0v) is 14.7. The van der Waals surface area contributed by atoms with Crippen molar-refractivity contribution < 1.29 is 13.2 Å². The van der Waals surface area contributed by atoms with Crippen molar-refractivity contribution in [1.29, 1.82) is 0 Å². The average Bonchev–Trinajstić information content (AvgIpc) is 3.02. The van der Waals surface area contributed by atoms with Crippen LogP contribution in [0.2, 0.25) is 0 Å². The third kappa shape index (κ3) is 3.54. The standard InChI is InChI=1S/C13H20N4O3S2/c1-10-7-12(11(2)21-10)22(18,19)16(3)8-13-15-14-9-17(13)5-6-20-4/h7,9H,5-6,8H2,1-4H3. The molecule has 0 radical (unpaired) electrons. The lowest BCUT2D eigenvalue weighted by atomic mass is 10.4. The van der Waals surface area contributed by atoms with Crippen LogP contribution < -0.4 is 0 Å². The van der Waals surface area contributed by atoms with E-state index in [0.717, 1.165) is 9.75 Å². The molecule has 2 rings (SSSR count). The summed E-state index contributed by atoms with van der Waals surface area (Å²) in [5, 5.41) is 7.84. The van der Waals surface area contributed by atoms with Crippen LogP contribution in [-0.2, 0) is 27.8 Å². The van der Waals surface area contributed by atoms with E-state index in [9.17, 15) is 8.42 Å². The van der Waals surface area contributed by atoms with E-state index in [-0.39, 0.29) is 6.54 Å². The molecule has 9 heteroatoms. The zero-order chi connectivity index (χ0) is 16.3.